The third-order valence-corrected chi connectivity index (χ3v) is 2.93. The van der Waals surface area contributed by atoms with E-state index in [2.05, 4.69) is 10.3 Å². The van der Waals surface area contributed by atoms with Gasteiger partial charge in [0.15, 0.2) is 0 Å². The molecular weight excluding hydrogens is 287 g/mol. The molecule has 0 atom stereocenters. The normalized spacial score (nSPS) is 11.4. The van der Waals surface area contributed by atoms with Crippen LogP contribution in [0, 0.1) is 0 Å². The van der Waals surface area contributed by atoms with E-state index in [1.54, 1.807) is 24.0 Å². The minimum absolute atomic E-state index is 0.272. The van der Waals surface area contributed by atoms with Crippen LogP contribution in [-0.2, 0) is 19.8 Å². The molecule has 0 unspecified atom stereocenters. The molecule has 1 aromatic carbocycles. The maximum atomic E-state index is 12.7. The Balaban J connectivity index is 2.24. The minimum atomic E-state index is -4.70. The Hall–Kier alpha value is -2.51. The molecule has 0 aliphatic carbocycles. The highest BCUT2D eigenvalue weighted by Gasteiger charge is 2.35. The van der Waals surface area contributed by atoms with Crippen molar-refractivity contribution in [3.8, 4) is 0 Å². The van der Waals surface area contributed by atoms with Crippen molar-refractivity contribution in [2.45, 2.75) is 12.7 Å². The first-order chi connectivity index (χ1) is 9.79. The van der Waals surface area contributed by atoms with E-state index in [1.165, 1.54) is 6.07 Å². The number of halogens is 3. The Morgan fingerprint density at radius 2 is 2.14 bits per heavy atom. The summed E-state index contributed by atoms with van der Waals surface area (Å²) in [5.41, 5.74) is -1.67. The molecule has 0 amide bonds. The number of hydrogen-bond acceptors (Lipinski definition) is 3. The molecule has 0 radical (unpaired) electrons. The first-order valence-electron chi connectivity index (χ1n) is 5.93. The fourth-order valence-corrected chi connectivity index (χ4v) is 1.83. The molecule has 0 fully saturated rings. The summed E-state index contributed by atoms with van der Waals surface area (Å²) in [5, 5.41) is 11.8. The lowest BCUT2D eigenvalue weighted by Gasteiger charge is -2.13. The van der Waals surface area contributed by atoms with Gasteiger partial charge in [-0.25, -0.2) is 9.78 Å². The van der Waals surface area contributed by atoms with Crippen LogP contribution in [0.2, 0.25) is 0 Å². The van der Waals surface area contributed by atoms with E-state index in [0.29, 0.717) is 5.82 Å². The van der Waals surface area contributed by atoms with Crippen LogP contribution in [-0.4, -0.2) is 20.6 Å². The molecule has 0 saturated heterocycles. The molecule has 0 aliphatic rings. The van der Waals surface area contributed by atoms with Crippen molar-refractivity contribution in [1.29, 1.82) is 0 Å². The van der Waals surface area contributed by atoms with Crippen LogP contribution >= 0.6 is 0 Å². The van der Waals surface area contributed by atoms with E-state index in [4.69, 9.17) is 5.11 Å². The Labute approximate surface area is 118 Å². The van der Waals surface area contributed by atoms with Crippen molar-refractivity contribution in [1.82, 2.24) is 9.55 Å². The summed E-state index contributed by atoms with van der Waals surface area (Å²) in [7, 11) is 1.78. The summed E-state index contributed by atoms with van der Waals surface area (Å²) in [6.07, 6.45) is -1.38. The molecule has 2 rings (SSSR count). The SMILES string of the molecule is Cn1ccnc1CNc1ccc(C(F)(F)F)c(C(=O)O)c1. The minimum Gasteiger partial charge on any atom is -0.478 e. The Kier molecular flexibility index (Phi) is 3.88. The number of anilines is 1. The monoisotopic (exact) mass is 299 g/mol. The zero-order valence-electron chi connectivity index (χ0n) is 11.0. The predicted octanol–water partition coefficient (Wildman–Crippen LogP) is 2.75. The quantitative estimate of drug-likeness (QED) is 0.911. The maximum absolute atomic E-state index is 12.7. The second kappa shape index (κ2) is 5.47. The van der Waals surface area contributed by atoms with Gasteiger partial charge in [-0.3, -0.25) is 0 Å². The zero-order valence-corrected chi connectivity index (χ0v) is 11.0. The van der Waals surface area contributed by atoms with Crippen molar-refractivity contribution in [3.63, 3.8) is 0 Å². The molecule has 1 aromatic heterocycles. The standard InChI is InChI=1S/C13H12F3N3O2/c1-19-5-4-17-11(19)7-18-8-2-3-10(13(14,15)16)9(6-8)12(20)21/h2-6,18H,7H2,1H3,(H,20,21). The molecule has 1 heterocycles. The number of carboxylic acids is 1. The van der Waals surface area contributed by atoms with Crippen molar-refractivity contribution < 1.29 is 23.1 Å². The number of nitrogens with zero attached hydrogens (tertiary/aromatic N) is 2. The average molecular weight is 299 g/mol. The molecule has 0 aliphatic heterocycles. The number of alkyl halides is 3. The highest BCUT2D eigenvalue weighted by Crippen LogP contribution is 2.33. The summed E-state index contributed by atoms with van der Waals surface area (Å²) in [6.45, 7) is 0.272. The Morgan fingerprint density at radius 1 is 1.43 bits per heavy atom. The number of rotatable bonds is 4. The van der Waals surface area contributed by atoms with E-state index in [1.807, 2.05) is 0 Å². The second-order valence-electron chi connectivity index (χ2n) is 4.37. The first kappa shape index (κ1) is 14.9. The van der Waals surface area contributed by atoms with Gasteiger partial charge in [0.2, 0.25) is 0 Å². The van der Waals surface area contributed by atoms with Crippen LogP contribution in [0.4, 0.5) is 18.9 Å². The number of hydrogen-bond donors (Lipinski definition) is 2. The summed E-state index contributed by atoms with van der Waals surface area (Å²) < 4.78 is 39.9. The number of nitrogens with one attached hydrogen (secondary N) is 1. The van der Waals surface area contributed by atoms with Gasteiger partial charge in [0.1, 0.15) is 5.82 Å². The Morgan fingerprint density at radius 3 is 2.67 bits per heavy atom. The fourth-order valence-electron chi connectivity index (χ4n) is 1.83. The van der Waals surface area contributed by atoms with E-state index in [0.717, 1.165) is 12.1 Å². The molecule has 2 aromatic rings. The van der Waals surface area contributed by atoms with Gasteiger partial charge in [-0.05, 0) is 18.2 Å². The summed E-state index contributed by atoms with van der Waals surface area (Å²) >= 11 is 0. The lowest BCUT2D eigenvalue weighted by atomic mass is 10.1. The van der Waals surface area contributed by atoms with Gasteiger partial charge in [-0.2, -0.15) is 13.2 Å². The number of aromatic carboxylic acids is 1. The first-order valence-corrected chi connectivity index (χ1v) is 5.93. The second-order valence-corrected chi connectivity index (χ2v) is 4.37. The summed E-state index contributed by atoms with van der Waals surface area (Å²) in [6, 6.07) is 2.91. The number of carboxylic acid groups (broad SMARTS) is 1. The van der Waals surface area contributed by atoms with Gasteiger partial charge in [0, 0.05) is 25.1 Å². The number of carbonyl (C=O) groups is 1. The topological polar surface area (TPSA) is 67.2 Å². The lowest BCUT2D eigenvalue weighted by molar-refractivity contribution is -0.138. The maximum Gasteiger partial charge on any atom is 0.417 e. The van der Waals surface area contributed by atoms with Crippen LogP contribution < -0.4 is 5.32 Å². The van der Waals surface area contributed by atoms with Gasteiger partial charge in [0.25, 0.3) is 0 Å². The molecule has 2 N–H and O–H groups in total. The molecule has 0 spiro atoms. The smallest absolute Gasteiger partial charge is 0.417 e. The molecule has 112 valence electrons. The number of imidazole rings is 1. The summed E-state index contributed by atoms with van der Waals surface area (Å²) in [5.74, 6) is -0.949. The van der Waals surface area contributed by atoms with Crippen LogP contribution in [0.5, 0.6) is 0 Å². The highest BCUT2D eigenvalue weighted by molar-refractivity contribution is 5.91. The van der Waals surface area contributed by atoms with E-state index in [9.17, 15) is 18.0 Å². The van der Waals surface area contributed by atoms with Crippen LogP contribution in [0.15, 0.2) is 30.6 Å². The highest BCUT2D eigenvalue weighted by atomic mass is 19.4. The van der Waals surface area contributed by atoms with E-state index in [-0.39, 0.29) is 12.2 Å². The van der Waals surface area contributed by atoms with Crippen molar-refractivity contribution in [3.05, 3.63) is 47.5 Å². The van der Waals surface area contributed by atoms with Crippen molar-refractivity contribution >= 4 is 11.7 Å². The molecule has 8 heteroatoms. The molecule has 0 saturated carbocycles. The van der Waals surface area contributed by atoms with Gasteiger partial charge in [0.05, 0.1) is 17.7 Å². The molecular formula is C13H12F3N3O2. The molecule has 21 heavy (non-hydrogen) atoms. The van der Waals surface area contributed by atoms with Gasteiger partial charge >= 0.3 is 12.1 Å². The average Bonchev–Trinajstić information content (AvgIpc) is 2.80. The third-order valence-electron chi connectivity index (χ3n) is 2.93. The van der Waals surface area contributed by atoms with E-state index < -0.39 is 23.3 Å². The van der Waals surface area contributed by atoms with Gasteiger partial charge in [-0.15, -0.1) is 0 Å². The number of benzene rings is 1. The van der Waals surface area contributed by atoms with Crippen LogP contribution in [0.1, 0.15) is 21.7 Å². The van der Waals surface area contributed by atoms with Crippen LogP contribution in [0.25, 0.3) is 0 Å². The van der Waals surface area contributed by atoms with Gasteiger partial charge < -0.3 is 15.0 Å². The van der Waals surface area contributed by atoms with E-state index >= 15 is 0 Å². The van der Waals surface area contributed by atoms with Crippen molar-refractivity contribution in [2.24, 2.45) is 7.05 Å². The summed E-state index contributed by atoms with van der Waals surface area (Å²) in [4.78, 5) is 15.0. The largest absolute Gasteiger partial charge is 0.478 e. The van der Waals surface area contributed by atoms with Crippen LogP contribution in [0.3, 0.4) is 0 Å². The molecule has 5 nitrogen and oxygen atoms in total. The lowest BCUT2D eigenvalue weighted by Crippen LogP contribution is -2.14. The predicted molar refractivity (Wildman–Crippen MR) is 68.9 cm³/mol. The van der Waals surface area contributed by atoms with Crippen molar-refractivity contribution in [2.75, 3.05) is 5.32 Å². The number of aryl methyl sites for hydroxylation is 1. The third kappa shape index (κ3) is 3.33. The zero-order chi connectivity index (χ0) is 15.6. The van der Waals surface area contributed by atoms with Gasteiger partial charge in [-0.1, -0.05) is 0 Å². The molecule has 0 bridgehead atoms. The Bertz CT molecular complexity index is 665. The number of aromatic nitrogens is 2. The fraction of sp³-hybridized carbons (Fsp3) is 0.231.